The summed E-state index contributed by atoms with van der Waals surface area (Å²) in [5.74, 6) is 0.249. The maximum absolute atomic E-state index is 12.4. The molecular formula is C27H30N4O6S. The lowest BCUT2D eigenvalue weighted by atomic mass is 10.2. The molecule has 10 nitrogen and oxygen atoms in total. The number of carbonyl (C=O) groups is 2. The number of hydrogen-bond acceptors (Lipinski definition) is 7. The molecule has 0 aliphatic heterocycles. The number of nitrogens with one attached hydrogen (secondary N) is 2. The van der Waals surface area contributed by atoms with Gasteiger partial charge in [-0.2, -0.15) is 5.10 Å². The third kappa shape index (κ3) is 9.25. The third-order valence-electron chi connectivity index (χ3n) is 5.11. The molecule has 2 N–H and O–H groups in total. The molecule has 38 heavy (non-hydrogen) atoms. The Balaban J connectivity index is 1.46. The van der Waals surface area contributed by atoms with Gasteiger partial charge < -0.3 is 14.8 Å². The van der Waals surface area contributed by atoms with Gasteiger partial charge in [0.25, 0.3) is 11.8 Å². The van der Waals surface area contributed by atoms with Gasteiger partial charge in [0.05, 0.1) is 24.8 Å². The smallest absolute Gasteiger partial charge is 0.260 e. The summed E-state index contributed by atoms with van der Waals surface area (Å²) in [5, 5.41) is 6.68. The van der Waals surface area contributed by atoms with E-state index in [9.17, 15) is 18.0 Å². The van der Waals surface area contributed by atoms with Crippen molar-refractivity contribution in [1.82, 2.24) is 10.7 Å². The lowest BCUT2D eigenvalue weighted by Crippen LogP contribution is -2.39. The van der Waals surface area contributed by atoms with Gasteiger partial charge in [0.15, 0.2) is 6.61 Å². The Kier molecular flexibility index (Phi) is 10.2. The maximum Gasteiger partial charge on any atom is 0.260 e. The monoisotopic (exact) mass is 538 g/mol. The van der Waals surface area contributed by atoms with Crippen LogP contribution in [0.25, 0.3) is 0 Å². The van der Waals surface area contributed by atoms with Crippen LogP contribution in [-0.4, -0.2) is 52.5 Å². The third-order valence-corrected chi connectivity index (χ3v) is 6.25. The zero-order valence-corrected chi connectivity index (χ0v) is 22.0. The van der Waals surface area contributed by atoms with Crippen LogP contribution in [0.5, 0.6) is 11.5 Å². The second-order valence-electron chi connectivity index (χ2n) is 8.11. The minimum absolute atomic E-state index is 0.123. The van der Waals surface area contributed by atoms with Crippen LogP contribution in [0.1, 0.15) is 18.1 Å². The maximum atomic E-state index is 12.4. The van der Waals surface area contributed by atoms with E-state index in [-0.39, 0.29) is 12.5 Å². The lowest BCUT2D eigenvalue weighted by molar-refractivity contribution is -0.123. The topological polar surface area (TPSA) is 126 Å². The number of benzene rings is 3. The van der Waals surface area contributed by atoms with Crippen molar-refractivity contribution in [1.29, 1.82) is 0 Å². The molecule has 0 bridgehead atoms. The number of carbonyl (C=O) groups excluding carboxylic acids is 2. The standard InChI is InChI=1S/C27H30N4O6S/c1-3-36-24-15-11-23(12-16-24)31(38(2,34)35)19-26(32)30-29-18-22-9-13-25(14-10-22)37-20-27(33)28-17-21-7-5-4-6-8-21/h4-16,18H,3,17,19-20H2,1-2H3,(H,28,33)(H,30,32)/b29-18-. The van der Waals surface area contributed by atoms with E-state index in [1.807, 2.05) is 37.3 Å². The van der Waals surface area contributed by atoms with Crippen LogP contribution in [0.3, 0.4) is 0 Å². The minimum atomic E-state index is -3.71. The Morgan fingerprint density at radius 3 is 2.16 bits per heavy atom. The van der Waals surface area contributed by atoms with Gasteiger partial charge in [-0.1, -0.05) is 30.3 Å². The number of amides is 2. The van der Waals surface area contributed by atoms with E-state index in [1.165, 1.54) is 6.21 Å². The van der Waals surface area contributed by atoms with Gasteiger partial charge in [0.2, 0.25) is 10.0 Å². The molecule has 0 aliphatic rings. The largest absolute Gasteiger partial charge is 0.494 e. The summed E-state index contributed by atoms with van der Waals surface area (Å²) in [6, 6.07) is 22.7. The zero-order valence-electron chi connectivity index (χ0n) is 21.2. The van der Waals surface area contributed by atoms with Gasteiger partial charge in [-0.3, -0.25) is 13.9 Å². The number of hydrogen-bond donors (Lipinski definition) is 2. The first kappa shape index (κ1) is 28.2. The van der Waals surface area contributed by atoms with Gasteiger partial charge in [0.1, 0.15) is 18.0 Å². The van der Waals surface area contributed by atoms with Gasteiger partial charge >= 0.3 is 0 Å². The van der Waals surface area contributed by atoms with Crippen molar-refractivity contribution in [2.75, 3.05) is 30.3 Å². The van der Waals surface area contributed by atoms with Crippen LogP contribution in [-0.2, 0) is 26.2 Å². The van der Waals surface area contributed by atoms with Crippen molar-refractivity contribution in [2.45, 2.75) is 13.5 Å². The molecule has 11 heteroatoms. The fraction of sp³-hybridized carbons (Fsp3) is 0.222. The Hall–Kier alpha value is -4.38. The molecular weight excluding hydrogens is 508 g/mol. The highest BCUT2D eigenvalue weighted by molar-refractivity contribution is 7.92. The van der Waals surface area contributed by atoms with Crippen molar-refractivity contribution in [3.63, 3.8) is 0 Å². The van der Waals surface area contributed by atoms with Gasteiger partial charge in [-0.05, 0) is 66.6 Å². The molecule has 3 aromatic carbocycles. The number of nitrogens with zero attached hydrogens (tertiary/aromatic N) is 2. The van der Waals surface area contributed by atoms with Crippen molar-refractivity contribution in [3.05, 3.63) is 90.0 Å². The molecule has 0 heterocycles. The first-order chi connectivity index (χ1) is 18.2. The van der Waals surface area contributed by atoms with E-state index in [2.05, 4.69) is 15.8 Å². The fourth-order valence-corrected chi connectivity index (χ4v) is 4.12. The highest BCUT2D eigenvalue weighted by atomic mass is 32.2. The molecule has 0 unspecified atom stereocenters. The molecule has 0 aliphatic carbocycles. The molecule has 0 aromatic heterocycles. The average Bonchev–Trinajstić information content (AvgIpc) is 2.91. The summed E-state index contributed by atoms with van der Waals surface area (Å²) >= 11 is 0. The number of ether oxygens (including phenoxy) is 2. The van der Waals surface area contributed by atoms with Crippen molar-refractivity contribution in [2.24, 2.45) is 5.10 Å². The number of rotatable bonds is 13. The summed E-state index contributed by atoms with van der Waals surface area (Å²) in [6.07, 6.45) is 2.44. The van der Waals surface area contributed by atoms with Crippen LogP contribution in [0.15, 0.2) is 84.0 Å². The van der Waals surface area contributed by atoms with E-state index >= 15 is 0 Å². The van der Waals surface area contributed by atoms with Gasteiger partial charge in [-0.15, -0.1) is 0 Å². The van der Waals surface area contributed by atoms with E-state index in [0.717, 1.165) is 16.1 Å². The highest BCUT2D eigenvalue weighted by Gasteiger charge is 2.20. The molecule has 0 saturated carbocycles. The molecule has 2 amide bonds. The number of anilines is 1. The summed E-state index contributed by atoms with van der Waals surface area (Å²) < 4.78 is 36.3. The predicted octanol–water partition coefficient (Wildman–Crippen LogP) is 2.70. The molecule has 0 radical (unpaired) electrons. The summed E-state index contributed by atoms with van der Waals surface area (Å²) in [4.78, 5) is 24.4. The molecule has 3 aromatic rings. The van der Waals surface area contributed by atoms with E-state index in [4.69, 9.17) is 9.47 Å². The van der Waals surface area contributed by atoms with Crippen LogP contribution >= 0.6 is 0 Å². The van der Waals surface area contributed by atoms with Crippen LogP contribution < -0.4 is 24.5 Å². The van der Waals surface area contributed by atoms with Crippen LogP contribution in [0.4, 0.5) is 5.69 Å². The lowest BCUT2D eigenvalue weighted by Gasteiger charge is -2.21. The van der Waals surface area contributed by atoms with E-state index in [1.54, 1.807) is 48.5 Å². The predicted molar refractivity (Wildman–Crippen MR) is 146 cm³/mol. The Morgan fingerprint density at radius 2 is 1.53 bits per heavy atom. The second-order valence-corrected chi connectivity index (χ2v) is 10.0. The second kappa shape index (κ2) is 13.8. The summed E-state index contributed by atoms with van der Waals surface area (Å²) in [5.41, 5.74) is 4.33. The molecule has 0 fully saturated rings. The Bertz CT molecular complexity index is 1330. The summed E-state index contributed by atoms with van der Waals surface area (Å²) in [7, 11) is -3.71. The molecule has 0 atom stereocenters. The first-order valence-corrected chi connectivity index (χ1v) is 13.7. The van der Waals surface area contributed by atoms with Crippen molar-refractivity contribution >= 4 is 33.7 Å². The Morgan fingerprint density at radius 1 is 0.895 bits per heavy atom. The fourth-order valence-electron chi connectivity index (χ4n) is 3.27. The number of sulfonamides is 1. The van der Waals surface area contributed by atoms with Crippen LogP contribution in [0.2, 0.25) is 0 Å². The van der Waals surface area contributed by atoms with E-state index in [0.29, 0.717) is 35.9 Å². The SMILES string of the molecule is CCOc1ccc(N(CC(=O)N/N=C\c2ccc(OCC(=O)NCc3ccccc3)cc2)S(C)(=O)=O)cc1. The molecule has 200 valence electrons. The molecule has 0 spiro atoms. The highest BCUT2D eigenvalue weighted by Crippen LogP contribution is 2.21. The average molecular weight is 539 g/mol. The molecule has 0 saturated heterocycles. The number of hydrazone groups is 1. The minimum Gasteiger partial charge on any atom is -0.494 e. The van der Waals surface area contributed by atoms with E-state index < -0.39 is 22.5 Å². The summed E-state index contributed by atoms with van der Waals surface area (Å²) in [6.45, 7) is 2.19. The quantitative estimate of drug-likeness (QED) is 0.255. The zero-order chi connectivity index (χ0) is 27.4. The van der Waals surface area contributed by atoms with Crippen molar-refractivity contribution in [3.8, 4) is 11.5 Å². The van der Waals surface area contributed by atoms with Gasteiger partial charge in [0, 0.05) is 6.54 Å². The van der Waals surface area contributed by atoms with Crippen molar-refractivity contribution < 1.29 is 27.5 Å². The Labute approximate surface area is 222 Å². The first-order valence-electron chi connectivity index (χ1n) is 11.8. The van der Waals surface area contributed by atoms with Crippen LogP contribution in [0, 0.1) is 0 Å². The van der Waals surface area contributed by atoms with Gasteiger partial charge in [-0.25, -0.2) is 13.8 Å². The molecule has 3 rings (SSSR count). The normalized spacial score (nSPS) is 11.1.